The second-order valence-corrected chi connectivity index (χ2v) is 8.45. The highest BCUT2D eigenvalue weighted by molar-refractivity contribution is 9.10. The number of aryl methyl sites for hydroxylation is 1. The topological polar surface area (TPSA) is 42.4 Å². The summed E-state index contributed by atoms with van der Waals surface area (Å²) in [5.74, 6) is -0.0256. The van der Waals surface area contributed by atoms with Crippen LogP contribution in [0, 0.1) is 6.92 Å². The average molecular weight is 431 g/mol. The van der Waals surface area contributed by atoms with Crippen LogP contribution in [-0.2, 0) is 4.74 Å². The van der Waals surface area contributed by atoms with Gasteiger partial charge in [0.1, 0.15) is 0 Å². The van der Waals surface area contributed by atoms with Gasteiger partial charge in [0, 0.05) is 16.6 Å². The Morgan fingerprint density at radius 3 is 3.00 bits per heavy atom. The van der Waals surface area contributed by atoms with Crippen LogP contribution in [0.3, 0.4) is 0 Å². The van der Waals surface area contributed by atoms with E-state index < -0.39 is 0 Å². The second-order valence-electron chi connectivity index (χ2n) is 6.53. The molecule has 0 spiro atoms. The van der Waals surface area contributed by atoms with E-state index in [0.29, 0.717) is 12.1 Å². The number of carbonyl (C=O) groups is 1. The summed E-state index contributed by atoms with van der Waals surface area (Å²) in [6, 6.07) is 13.7. The van der Waals surface area contributed by atoms with Crippen molar-refractivity contribution in [3.05, 3.63) is 58.1 Å². The molecule has 134 valence electrons. The number of halogens is 1. The minimum absolute atomic E-state index is 0.0256. The molecule has 2 heterocycles. The summed E-state index contributed by atoms with van der Waals surface area (Å²) in [7, 11) is 0. The first-order chi connectivity index (χ1) is 12.6. The van der Waals surface area contributed by atoms with Gasteiger partial charge in [-0.25, -0.2) is 4.98 Å². The van der Waals surface area contributed by atoms with Gasteiger partial charge in [0.2, 0.25) is 0 Å². The molecule has 1 aliphatic rings. The molecule has 1 aliphatic heterocycles. The maximum Gasteiger partial charge on any atom is 0.260 e. The molecule has 1 unspecified atom stereocenters. The lowest BCUT2D eigenvalue weighted by Crippen LogP contribution is -2.37. The number of rotatable bonds is 4. The summed E-state index contributed by atoms with van der Waals surface area (Å²) in [6.45, 7) is 3.30. The molecule has 1 atom stereocenters. The number of aromatic nitrogens is 1. The van der Waals surface area contributed by atoms with Gasteiger partial charge in [-0.05, 0) is 50.1 Å². The van der Waals surface area contributed by atoms with Crippen molar-refractivity contribution in [2.75, 3.05) is 18.1 Å². The number of hydrogen-bond acceptors (Lipinski definition) is 4. The number of amides is 1. The largest absolute Gasteiger partial charge is 0.376 e. The van der Waals surface area contributed by atoms with E-state index in [1.54, 1.807) is 4.90 Å². The highest BCUT2D eigenvalue weighted by Gasteiger charge is 2.27. The summed E-state index contributed by atoms with van der Waals surface area (Å²) < 4.78 is 7.85. The molecule has 1 amide bonds. The average Bonchev–Trinajstić information content (AvgIpc) is 3.28. The molecule has 1 aromatic heterocycles. The zero-order valence-electron chi connectivity index (χ0n) is 14.4. The summed E-state index contributed by atoms with van der Waals surface area (Å²) in [4.78, 5) is 19.8. The monoisotopic (exact) mass is 430 g/mol. The zero-order chi connectivity index (χ0) is 18.1. The second kappa shape index (κ2) is 7.47. The molecule has 0 N–H and O–H groups in total. The fraction of sp³-hybridized carbons (Fsp3) is 0.300. The van der Waals surface area contributed by atoms with Gasteiger partial charge >= 0.3 is 0 Å². The number of fused-ring (bicyclic) bond motifs is 1. The van der Waals surface area contributed by atoms with Gasteiger partial charge in [0.25, 0.3) is 5.91 Å². The van der Waals surface area contributed by atoms with Gasteiger partial charge < -0.3 is 4.74 Å². The minimum atomic E-state index is -0.0256. The molecule has 6 heteroatoms. The van der Waals surface area contributed by atoms with Crippen molar-refractivity contribution in [1.29, 1.82) is 0 Å². The number of nitrogens with zero attached hydrogens (tertiary/aromatic N) is 2. The van der Waals surface area contributed by atoms with E-state index in [1.165, 1.54) is 11.3 Å². The molecule has 1 saturated heterocycles. The van der Waals surface area contributed by atoms with Gasteiger partial charge in [-0.3, -0.25) is 9.69 Å². The number of thiazole rings is 1. The summed E-state index contributed by atoms with van der Waals surface area (Å²) >= 11 is 5.04. The Kier molecular flexibility index (Phi) is 5.07. The highest BCUT2D eigenvalue weighted by Crippen LogP contribution is 2.32. The molecular formula is C20H19BrN2O2S. The fourth-order valence-corrected chi connectivity index (χ4v) is 4.70. The van der Waals surface area contributed by atoms with Crippen LogP contribution in [0.1, 0.15) is 28.8 Å². The van der Waals surface area contributed by atoms with Crippen LogP contribution in [0.25, 0.3) is 10.2 Å². The van der Waals surface area contributed by atoms with Crippen LogP contribution < -0.4 is 4.90 Å². The molecule has 4 nitrogen and oxygen atoms in total. The lowest BCUT2D eigenvalue weighted by Gasteiger charge is -2.23. The number of hydrogen-bond donors (Lipinski definition) is 0. The van der Waals surface area contributed by atoms with Gasteiger partial charge in [0.15, 0.2) is 5.13 Å². The quantitative estimate of drug-likeness (QED) is 0.571. The lowest BCUT2D eigenvalue weighted by atomic mass is 10.1. The third-order valence-corrected chi connectivity index (χ3v) is 6.02. The van der Waals surface area contributed by atoms with Crippen molar-refractivity contribution in [2.45, 2.75) is 25.9 Å². The summed E-state index contributed by atoms with van der Waals surface area (Å²) in [5.41, 5.74) is 2.66. The first-order valence-corrected chi connectivity index (χ1v) is 10.3. The standard InChI is InChI=1S/C20H19BrN2O2S/c1-13-4-2-5-14(10-13)19(24)23(12-16-6-3-9-25-16)20-22-17-8-7-15(21)11-18(17)26-20/h2,4-5,7-8,10-11,16H,3,6,9,12H2,1H3. The van der Waals surface area contributed by atoms with Crippen molar-refractivity contribution in [2.24, 2.45) is 0 Å². The normalized spacial score (nSPS) is 16.9. The molecular weight excluding hydrogens is 412 g/mol. The van der Waals surface area contributed by atoms with E-state index in [2.05, 4.69) is 15.9 Å². The smallest absolute Gasteiger partial charge is 0.260 e. The maximum absolute atomic E-state index is 13.3. The molecule has 26 heavy (non-hydrogen) atoms. The Balaban J connectivity index is 1.72. The van der Waals surface area contributed by atoms with Crippen molar-refractivity contribution in [3.63, 3.8) is 0 Å². The SMILES string of the molecule is Cc1cccc(C(=O)N(CC2CCCO2)c2nc3ccc(Br)cc3s2)c1. The number of carbonyl (C=O) groups excluding carboxylic acids is 1. The molecule has 1 fully saturated rings. The highest BCUT2D eigenvalue weighted by atomic mass is 79.9. The van der Waals surface area contributed by atoms with Crippen LogP contribution in [0.5, 0.6) is 0 Å². The number of benzene rings is 2. The third-order valence-electron chi connectivity index (χ3n) is 4.49. The van der Waals surface area contributed by atoms with Crippen LogP contribution >= 0.6 is 27.3 Å². The summed E-state index contributed by atoms with van der Waals surface area (Å²) in [6.07, 6.45) is 2.10. The Morgan fingerprint density at radius 2 is 2.23 bits per heavy atom. The molecule has 0 saturated carbocycles. The van der Waals surface area contributed by atoms with E-state index in [1.807, 2.05) is 49.4 Å². The van der Waals surface area contributed by atoms with Crippen molar-refractivity contribution in [3.8, 4) is 0 Å². The first-order valence-electron chi connectivity index (χ1n) is 8.66. The van der Waals surface area contributed by atoms with E-state index in [0.717, 1.165) is 44.8 Å². The van der Waals surface area contributed by atoms with Crippen LogP contribution in [0.15, 0.2) is 46.9 Å². The molecule has 0 aliphatic carbocycles. The maximum atomic E-state index is 13.3. The molecule has 2 aromatic carbocycles. The van der Waals surface area contributed by atoms with Crippen molar-refractivity contribution in [1.82, 2.24) is 4.98 Å². The van der Waals surface area contributed by atoms with Crippen LogP contribution in [0.2, 0.25) is 0 Å². The van der Waals surface area contributed by atoms with E-state index in [9.17, 15) is 4.79 Å². The molecule has 0 bridgehead atoms. The first kappa shape index (κ1) is 17.6. The number of anilines is 1. The molecule has 0 radical (unpaired) electrons. The third kappa shape index (κ3) is 3.68. The lowest BCUT2D eigenvalue weighted by molar-refractivity contribution is 0.0917. The Bertz CT molecular complexity index is 950. The van der Waals surface area contributed by atoms with Crippen LogP contribution in [-0.4, -0.2) is 30.1 Å². The van der Waals surface area contributed by atoms with Gasteiger partial charge in [-0.15, -0.1) is 0 Å². The Morgan fingerprint density at radius 1 is 1.35 bits per heavy atom. The predicted molar refractivity (Wildman–Crippen MR) is 109 cm³/mol. The Labute approximate surface area is 164 Å². The van der Waals surface area contributed by atoms with Crippen molar-refractivity contribution < 1.29 is 9.53 Å². The van der Waals surface area contributed by atoms with E-state index >= 15 is 0 Å². The Hall–Kier alpha value is -1.76. The molecule has 4 rings (SSSR count). The minimum Gasteiger partial charge on any atom is -0.376 e. The fourth-order valence-electron chi connectivity index (χ4n) is 3.18. The van der Waals surface area contributed by atoms with Gasteiger partial charge in [0.05, 0.1) is 22.9 Å². The van der Waals surface area contributed by atoms with Crippen molar-refractivity contribution >= 4 is 48.5 Å². The predicted octanol–water partition coefficient (Wildman–Crippen LogP) is 5.19. The van der Waals surface area contributed by atoms with Gasteiger partial charge in [-0.2, -0.15) is 0 Å². The van der Waals surface area contributed by atoms with Gasteiger partial charge in [-0.1, -0.05) is 45.0 Å². The summed E-state index contributed by atoms with van der Waals surface area (Å²) in [5, 5.41) is 0.722. The van der Waals surface area contributed by atoms with E-state index in [4.69, 9.17) is 9.72 Å². The van der Waals surface area contributed by atoms with Crippen LogP contribution in [0.4, 0.5) is 5.13 Å². The molecule has 3 aromatic rings. The number of ether oxygens (including phenoxy) is 1. The zero-order valence-corrected chi connectivity index (χ0v) is 16.8. The van der Waals surface area contributed by atoms with E-state index in [-0.39, 0.29) is 12.0 Å².